The molecule has 3 nitrogen and oxygen atoms in total. The van der Waals surface area contributed by atoms with Gasteiger partial charge in [-0.25, -0.2) is 0 Å². The van der Waals surface area contributed by atoms with E-state index in [0.29, 0.717) is 12.8 Å². The zero-order valence-electron chi connectivity index (χ0n) is 10.9. The lowest BCUT2D eigenvalue weighted by atomic mass is 9.93. The highest BCUT2D eigenvalue weighted by atomic mass is 35.5. The average Bonchev–Trinajstić information content (AvgIpc) is 2.40. The first-order valence-electron chi connectivity index (χ1n) is 6.86. The van der Waals surface area contributed by atoms with E-state index in [1.54, 1.807) is 0 Å². The van der Waals surface area contributed by atoms with Gasteiger partial charge in [0, 0.05) is 17.5 Å². The maximum atomic E-state index is 11.9. The minimum Gasteiger partial charge on any atom is -0.393 e. The Balaban J connectivity index is 1.74. The van der Waals surface area contributed by atoms with Crippen LogP contribution in [0.2, 0.25) is 5.02 Å². The highest BCUT2D eigenvalue weighted by Crippen LogP contribution is 2.19. The fourth-order valence-electron chi connectivity index (χ4n) is 2.47. The highest BCUT2D eigenvalue weighted by molar-refractivity contribution is 6.31. The number of carbonyl (C=O) groups excluding carboxylic acids is 1. The van der Waals surface area contributed by atoms with Gasteiger partial charge in [-0.3, -0.25) is 4.79 Å². The molecule has 0 unspecified atom stereocenters. The van der Waals surface area contributed by atoms with Crippen molar-refractivity contribution in [1.29, 1.82) is 0 Å². The molecule has 0 heterocycles. The Morgan fingerprint density at radius 2 is 1.95 bits per heavy atom. The van der Waals surface area contributed by atoms with Crippen molar-refractivity contribution in [1.82, 2.24) is 5.32 Å². The van der Waals surface area contributed by atoms with E-state index < -0.39 is 0 Å². The van der Waals surface area contributed by atoms with Crippen molar-refractivity contribution >= 4 is 17.5 Å². The number of halogens is 1. The summed E-state index contributed by atoms with van der Waals surface area (Å²) in [5.41, 5.74) is 1.01. The van der Waals surface area contributed by atoms with Gasteiger partial charge in [0.1, 0.15) is 0 Å². The van der Waals surface area contributed by atoms with Crippen LogP contribution in [0.15, 0.2) is 24.3 Å². The van der Waals surface area contributed by atoms with Gasteiger partial charge >= 0.3 is 0 Å². The molecule has 2 N–H and O–H groups in total. The SMILES string of the molecule is O=C(CCc1ccccc1Cl)NC1CCC(O)CC1. The maximum Gasteiger partial charge on any atom is 0.220 e. The van der Waals surface area contributed by atoms with Gasteiger partial charge in [0.2, 0.25) is 5.91 Å². The molecule has 1 aliphatic carbocycles. The van der Waals surface area contributed by atoms with Crippen molar-refractivity contribution < 1.29 is 9.90 Å². The molecule has 0 radical (unpaired) electrons. The van der Waals surface area contributed by atoms with Gasteiger partial charge in [0.05, 0.1) is 6.10 Å². The van der Waals surface area contributed by atoms with Crippen LogP contribution in [-0.2, 0) is 11.2 Å². The number of hydrogen-bond acceptors (Lipinski definition) is 2. The van der Waals surface area contributed by atoms with Gasteiger partial charge < -0.3 is 10.4 Å². The number of aryl methyl sites for hydroxylation is 1. The lowest BCUT2D eigenvalue weighted by molar-refractivity contribution is -0.122. The van der Waals surface area contributed by atoms with E-state index in [4.69, 9.17) is 11.6 Å². The number of amides is 1. The Labute approximate surface area is 119 Å². The Morgan fingerprint density at radius 3 is 2.63 bits per heavy atom. The van der Waals surface area contributed by atoms with E-state index in [0.717, 1.165) is 36.3 Å². The average molecular weight is 282 g/mol. The monoisotopic (exact) mass is 281 g/mol. The second-order valence-electron chi connectivity index (χ2n) is 5.16. The number of hydrogen-bond donors (Lipinski definition) is 2. The van der Waals surface area contributed by atoms with Crippen LogP contribution >= 0.6 is 11.6 Å². The third kappa shape index (κ3) is 4.51. The van der Waals surface area contributed by atoms with Crippen molar-refractivity contribution in [2.24, 2.45) is 0 Å². The van der Waals surface area contributed by atoms with Gasteiger partial charge in [0.25, 0.3) is 0 Å². The van der Waals surface area contributed by atoms with Gasteiger partial charge in [0.15, 0.2) is 0 Å². The predicted octanol–water partition coefficient (Wildman–Crippen LogP) is 2.69. The molecule has 0 spiro atoms. The minimum atomic E-state index is -0.184. The van der Waals surface area contributed by atoms with Gasteiger partial charge in [-0.05, 0) is 43.7 Å². The summed E-state index contributed by atoms with van der Waals surface area (Å²) in [5.74, 6) is 0.0707. The van der Waals surface area contributed by atoms with Gasteiger partial charge in [-0.2, -0.15) is 0 Å². The molecule has 4 heteroatoms. The zero-order chi connectivity index (χ0) is 13.7. The van der Waals surface area contributed by atoms with Crippen LogP contribution < -0.4 is 5.32 Å². The molecule has 19 heavy (non-hydrogen) atoms. The molecule has 1 aliphatic rings. The first-order valence-corrected chi connectivity index (χ1v) is 7.24. The molecule has 2 rings (SSSR count). The Morgan fingerprint density at radius 1 is 1.26 bits per heavy atom. The molecule has 0 atom stereocenters. The molecule has 104 valence electrons. The second-order valence-corrected chi connectivity index (χ2v) is 5.57. The number of nitrogens with one attached hydrogen (secondary N) is 1. The Hall–Kier alpha value is -1.06. The van der Waals surface area contributed by atoms with E-state index in [-0.39, 0.29) is 18.1 Å². The molecule has 0 saturated heterocycles. The molecule has 1 aromatic rings. The normalized spacial score (nSPS) is 23.1. The second kappa shape index (κ2) is 6.92. The number of aliphatic hydroxyl groups excluding tert-OH is 1. The summed E-state index contributed by atoms with van der Waals surface area (Å²) in [4.78, 5) is 11.9. The summed E-state index contributed by atoms with van der Waals surface area (Å²) in [5, 5.41) is 13.2. The molecular weight excluding hydrogens is 262 g/mol. The predicted molar refractivity (Wildman–Crippen MR) is 76.2 cm³/mol. The summed E-state index contributed by atoms with van der Waals surface area (Å²) >= 11 is 6.06. The summed E-state index contributed by atoms with van der Waals surface area (Å²) in [6, 6.07) is 7.84. The van der Waals surface area contributed by atoms with Crippen molar-refractivity contribution in [2.75, 3.05) is 0 Å². The number of rotatable bonds is 4. The Kier molecular flexibility index (Phi) is 5.23. The first-order chi connectivity index (χ1) is 9.15. The van der Waals surface area contributed by atoms with Gasteiger partial charge in [-0.1, -0.05) is 29.8 Å². The van der Waals surface area contributed by atoms with E-state index in [1.807, 2.05) is 24.3 Å². The van der Waals surface area contributed by atoms with Crippen molar-refractivity contribution in [3.63, 3.8) is 0 Å². The lowest BCUT2D eigenvalue weighted by Crippen LogP contribution is -2.38. The third-order valence-corrected chi connectivity index (χ3v) is 4.01. The molecule has 1 fully saturated rings. The number of aliphatic hydroxyl groups is 1. The molecule has 1 saturated carbocycles. The topological polar surface area (TPSA) is 49.3 Å². The maximum absolute atomic E-state index is 11.9. The van der Waals surface area contributed by atoms with Crippen LogP contribution in [0.25, 0.3) is 0 Å². The van der Waals surface area contributed by atoms with Crippen LogP contribution in [0.5, 0.6) is 0 Å². The highest BCUT2D eigenvalue weighted by Gasteiger charge is 2.20. The van der Waals surface area contributed by atoms with Crippen LogP contribution in [0.1, 0.15) is 37.7 Å². The van der Waals surface area contributed by atoms with E-state index >= 15 is 0 Å². The molecule has 0 aromatic heterocycles. The number of carbonyl (C=O) groups is 1. The van der Waals surface area contributed by atoms with Crippen molar-refractivity contribution in [3.05, 3.63) is 34.9 Å². The van der Waals surface area contributed by atoms with E-state index in [9.17, 15) is 9.90 Å². The van der Waals surface area contributed by atoms with Crippen LogP contribution in [0.3, 0.4) is 0 Å². The van der Waals surface area contributed by atoms with E-state index in [1.165, 1.54) is 0 Å². The molecular formula is C15H20ClNO2. The summed E-state index contributed by atoms with van der Waals surface area (Å²) in [6.07, 6.45) is 4.27. The minimum absolute atomic E-state index is 0.0707. The molecule has 1 aromatic carbocycles. The van der Waals surface area contributed by atoms with Crippen LogP contribution in [-0.4, -0.2) is 23.2 Å². The quantitative estimate of drug-likeness (QED) is 0.891. The molecule has 0 aliphatic heterocycles. The Bertz CT molecular complexity index is 428. The van der Waals surface area contributed by atoms with Gasteiger partial charge in [-0.15, -0.1) is 0 Å². The molecule has 0 bridgehead atoms. The smallest absolute Gasteiger partial charge is 0.220 e. The molecule has 1 amide bonds. The van der Waals surface area contributed by atoms with Crippen molar-refractivity contribution in [2.45, 2.75) is 50.7 Å². The summed E-state index contributed by atoms with van der Waals surface area (Å²) in [6.45, 7) is 0. The fourth-order valence-corrected chi connectivity index (χ4v) is 2.70. The number of benzene rings is 1. The van der Waals surface area contributed by atoms with E-state index in [2.05, 4.69) is 5.32 Å². The standard InChI is InChI=1S/C15H20ClNO2/c16-14-4-2-1-3-11(14)5-10-15(19)17-12-6-8-13(18)9-7-12/h1-4,12-13,18H,5-10H2,(H,17,19). The lowest BCUT2D eigenvalue weighted by Gasteiger charge is -2.26. The van der Waals surface area contributed by atoms with Crippen LogP contribution in [0.4, 0.5) is 0 Å². The zero-order valence-corrected chi connectivity index (χ0v) is 11.7. The van der Waals surface area contributed by atoms with Crippen LogP contribution in [0, 0.1) is 0 Å². The fraction of sp³-hybridized carbons (Fsp3) is 0.533. The first kappa shape index (κ1) is 14.4. The van der Waals surface area contributed by atoms with Crippen molar-refractivity contribution in [3.8, 4) is 0 Å². The third-order valence-electron chi connectivity index (χ3n) is 3.64. The summed E-state index contributed by atoms with van der Waals surface area (Å²) < 4.78 is 0. The largest absolute Gasteiger partial charge is 0.393 e. The summed E-state index contributed by atoms with van der Waals surface area (Å²) in [7, 11) is 0.